The lowest BCUT2D eigenvalue weighted by atomic mass is 10.1. The third kappa shape index (κ3) is 3.34. The minimum absolute atomic E-state index is 0.0461. The number of allylic oxidation sites excluding steroid dienone is 1. The summed E-state index contributed by atoms with van der Waals surface area (Å²) >= 11 is 3.35. The molecule has 3 nitrogen and oxygen atoms in total. The van der Waals surface area contributed by atoms with Crippen molar-refractivity contribution in [1.82, 2.24) is 5.32 Å². The van der Waals surface area contributed by atoms with Gasteiger partial charge in [0.15, 0.2) is 11.7 Å². The van der Waals surface area contributed by atoms with Gasteiger partial charge in [0.2, 0.25) is 0 Å². The third-order valence-corrected chi connectivity index (χ3v) is 3.82. The van der Waals surface area contributed by atoms with Crippen molar-refractivity contribution >= 4 is 21.7 Å². The van der Waals surface area contributed by atoms with Crippen LogP contribution in [0.25, 0.3) is 0 Å². The molecule has 1 heterocycles. The first-order valence-electron chi connectivity index (χ1n) is 6.69. The number of rotatable bonds is 3. The van der Waals surface area contributed by atoms with E-state index in [1.165, 1.54) is 6.08 Å². The van der Waals surface area contributed by atoms with Gasteiger partial charge in [-0.3, -0.25) is 4.79 Å². The predicted molar refractivity (Wildman–Crippen MR) is 84.8 cm³/mol. The molecule has 2 aromatic carbocycles. The van der Waals surface area contributed by atoms with Crippen molar-refractivity contribution in [3.8, 4) is 0 Å². The Hall–Kier alpha value is -2.07. The molecule has 106 valence electrons. The van der Waals surface area contributed by atoms with Crippen LogP contribution >= 0.6 is 15.9 Å². The second kappa shape index (κ2) is 6.14. The number of benzene rings is 2. The average Bonchev–Trinajstić information content (AvgIpc) is 2.97. The lowest BCUT2D eigenvalue weighted by molar-refractivity contribution is 0.103. The molecule has 1 unspecified atom stereocenters. The van der Waals surface area contributed by atoms with Crippen LogP contribution in [0.2, 0.25) is 0 Å². The highest BCUT2D eigenvalue weighted by molar-refractivity contribution is 9.10. The quantitative estimate of drug-likeness (QED) is 0.679. The topological polar surface area (TPSA) is 38.3 Å². The van der Waals surface area contributed by atoms with E-state index < -0.39 is 0 Å². The summed E-state index contributed by atoms with van der Waals surface area (Å²) in [6.45, 7) is 0.670. The van der Waals surface area contributed by atoms with E-state index in [1.54, 1.807) is 12.1 Å². The van der Waals surface area contributed by atoms with Gasteiger partial charge in [0.25, 0.3) is 0 Å². The van der Waals surface area contributed by atoms with Crippen molar-refractivity contribution in [2.75, 3.05) is 6.54 Å². The van der Waals surface area contributed by atoms with Crippen molar-refractivity contribution in [2.45, 2.75) is 6.10 Å². The number of nitrogens with one attached hydrogen (secondary N) is 1. The van der Waals surface area contributed by atoms with Crippen molar-refractivity contribution in [3.63, 3.8) is 0 Å². The minimum Gasteiger partial charge on any atom is -0.469 e. The van der Waals surface area contributed by atoms with Crippen molar-refractivity contribution < 1.29 is 9.53 Å². The van der Waals surface area contributed by atoms with Gasteiger partial charge in [-0.15, -0.1) is 0 Å². The molecule has 0 spiro atoms. The number of hydrogen-bond donors (Lipinski definition) is 1. The Morgan fingerprint density at radius 2 is 1.86 bits per heavy atom. The highest BCUT2D eigenvalue weighted by Crippen LogP contribution is 2.24. The fraction of sp³-hybridized carbons (Fsp3) is 0.118. The van der Waals surface area contributed by atoms with E-state index in [2.05, 4.69) is 21.2 Å². The highest BCUT2D eigenvalue weighted by Gasteiger charge is 2.22. The van der Waals surface area contributed by atoms with Gasteiger partial charge < -0.3 is 10.1 Å². The van der Waals surface area contributed by atoms with Crippen LogP contribution in [0.15, 0.2) is 71.0 Å². The molecule has 1 fully saturated rings. The lowest BCUT2D eigenvalue weighted by Crippen LogP contribution is -2.08. The number of ketones is 1. The zero-order valence-corrected chi connectivity index (χ0v) is 12.8. The Bertz CT molecular complexity index is 665. The van der Waals surface area contributed by atoms with Gasteiger partial charge in [0.05, 0.1) is 6.54 Å². The first kappa shape index (κ1) is 13.9. The van der Waals surface area contributed by atoms with E-state index in [1.807, 2.05) is 42.5 Å². The molecular weight excluding hydrogens is 330 g/mol. The second-order valence-corrected chi connectivity index (χ2v) is 5.69. The summed E-state index contributed by atoms with van der Waals surface area (Å²) in [5.74, 6) is 0.454. The monoisotopic (exact) mass is 343 g/mol. The Kier molecular flexibility index (Phi) is 4.06. The first-order chi connectivity index (χ1) is 10.2. The molecule has 0 bridgehead atoms. The van der Waals surface area contributed by atoms with E-state index in [4.69, 9.17) is 4.74 Å². The normalized spacial score (nSPS) is 19.1. The number of carbonyl (C=O) groups excluding carboxylic acids is 1. The van der Waals surface area contributed by atoms with E-state index >= 15 is 0 Å². The van der Waals surface area contributed by atoms with E-state index in [0.717, 1.165) is 10.0 Å². The van der Waals surface area contributed by atoms with Gasteiger partial charge in [-0.2, -0.15) is 0 Å². The number of carbonyl (C=O) groups is 1. The highest BCUT2D eigenvalue weighted by atomic mass is 79.9. The second-order valence-electron chi connectivity index (χ2n) is 4.78. The summed E-state index contributed by atoms with van der Waals surface area (Å²) in [5.41, 5.74) is 1.74. The summed E-state index contributed by atoms with van der Waals surface area (Å²) in [7, 11) is 0. The average molecular weight is 344 g/mol. The first-order valence-corrected chi connectivity index (χ1v) is 7.49. The zero-order chi connectivity index (χ0) is 14.7. The maximum Gasteiger partial charge on any atom is 0.191 e. The Morgan fingerprint density at radius 1 is 1.14 bits per heavy atom. The van der Waals surface area contributed by atoms with Crippen LogP contribution in [-0.2, 0) is 4.74 Å². The molecule has 1 aliphatic heterocycles. The summed E-state index contributed by atoms with van der Waals surface area (Å²) in [6, 6.07) is 17.2. The molecule has 2 aromatic rings. The van der Waals surface area contributed by atoms with Gasteiger partial charge in [-0.25, -0.2) is 0 Å². The fourth-order valence-corrected chi connectivity index (χ4v) is 2.45. The van der Waals surface area contributed by atoms with Crippen LogP contribution in [0.5, 0.6) is 0 Å². The molecule has 4 heteroatoms. The van der Waals surface area contributed by atoms with Gasteiger partial charge in [-0.05, 0) is 29.8 Å². The Balaban J connectivity index is 1.71. The molecule has 3 rings (SSSR count). The molecule has 0 amide bonds. The zero-order valence-electron chi connectivity index (χ0n) is 11.3. The van der Waals surface area contributed by atoms with E-state index in [-0.39, 0.29) is 11.9 Å². The van der Waals surface area contributed by atoms with Gasteiger partial charge in [-0.1, -0.05) is 46.3 Å². The van der Waals surface area contributed by atoms with Crippen LogP contribution in [-0.4, -0.2) is 12.3 Å². The maximum absolute atomic E-state index is 12.1. The molecule has 0 aromatic heterocycles. The van der Waals surface area contributed by atoms with Crippen LogP contribution < -0.4 is 5.32 Å². The minimum atomic E-state index is -0.0706. The molecule has 1 aliphatic rings. The van der Waals surface area contributed by atoms with Crippen molar-refractivity contribution in [3.05, 3.63) is 82.2 Å². The molecule has 1 saturated heterocycles. The standard InChI is InChI=1S/C17H14BrNO2/c18-14-8-6-12(7-9-14)15(20)10-17-19-11-16(21-17)13-4-2-1-3-5-13/h1-10,16,19H,11H2. The lowest BCUT2D eigenvalue weighted by Gasteiger charge is -2.08. The summed E-state index contributed by atoms with van der Waals surface area (Å²) in [4.78, 5) is 12.1. The summed E-state index contributed by atoms with van der Waals surface area (Å²) in [6.07, 6.45) is 1.46. The SMILES string of the molecule is O=C(C=C1NCC(c2ccccc2)O1)c1ccc(Br)cc1. The largest absolute Gasteiger partial charge is 0.469 e. The summed E-state index contributed by atoms with van der Waals surface area (Å²) < 4.78 is 6.73. The van der Waals surface area contributed by atoms with Crippen LogP contribution in [0, 0.1) is 0 Å². The predicted octanol–water partition coefficient (Wildman–Crippen LogP) is 3.83. The fourth-order valence-electron chi connectivity index (χ4n) is 2.19. The molecule has 21 heavy (non-hydrogen) atoms. The van der Waals surface area contributed by atoms with Crippen molar-refractivity contribution in [1.29, 1.82) is 0 Å². The van der Waals surface area contributed by atoms with Gasteiger partial charge >= 0.3 is 0 Å². The molecule has 0 aliphatic carbocycles. The van der Waals surface area contributed by atoms with E-state index in [0.29, 0.717) is 18.0 Å². The van der Waals surface area contributed by atoms with Crippen LogP contribution in [0.1, 0.15) is 22.0 Å². The number of ether oxygens (including phenoxy) is 1. The maximum atomic E-state index is 12.1. The van der Waals surface area contributed by atoms with Crippen LogP contribution in [0.4, 0.5) is 0 Å². The van der Waals surface area contributed by atoms with E-state index in [9.17, 15) is 4.79 Å². The van der Waals surface area contributed by atoms with Gasteiger partial charge in [0.1, 0.15) is 6.10 Å². The molecule has 1 atom stereocenters. The molecule has 1 N–H and O–H groups in total. The van der Waals surface area contributed by atoms with Gasteiger partial charge in [0, 0.05) is 16.1 Å². The van der Waals surface area contributed by atoms with Crippen molar-refractivity contribution in [2.24, 2.45) is 0 Å². The molecular formula is C17H14BrNO2. The molecule has 0 radical (unpaired) electrons. The smallest absolute Gasteiger partial charge is 0.191 e. The Labute approximate surface area is 131 Å². The number of hydrogen-bond acceptors (Lipinski definition) is 3. The molecule has 0 saturated carbocycles. The van der Waals surface area contributed by atoms with Crippen LogP contribution in [0.3, 0.4) is 0 Å². The third-order valence-electron chi connectivity index (χ3n) is 3.29. The summed E-state index contributed by atoms with van der Waals surface area (Å²) in [5, 5.41) is 3.13. The number of halogens is 1. The Morgan fingerprint density at radius 3 is 2.57 bits per heavy atom.